The second-order valence-corrected chi connectivity index (χ2v) is 5.80. The highest BCUT2D eigenvalue weighted by Gasteiger charge is 2.40. The van der Waals surface area contributed by atoms with Crippen LogP contribution in [0.3, 0.4) is 0 Å². The van der Waals surface area contributed by atoms with Gasteiger partial charge in [-0.3, -0.25) is 4.40 Å². The van der Waals surface area contributed by atoms with Crippen molar-refractivity contribution in [2.75, 3.05) is 6.61 Å². The van der Waals surface area contributed by atoms with Gasteiger partial charge in [-0.15, -0.1) is 0 Å². The first-order valence-corrected chi connectivity index (χ1v) is 7.68. The third kappa shape index (κ3) is 2.82. The summed E-state index contributed by atoms with van der Waals surface area (Å²) in [6.07, 6.45) is -3.60. The van der Waals surface area contributed by atoms with Gasteiger partial charge in [0.25, 0.3) is 0 Å². The first-order valence-electron chi connectivity index (χ1n) is 6.87. The number of rotatable bonds is 4. The molecule has 0 fully saturated rings. The van der Waals surface area contributed by atoms with Crippen molar-refractivity contribution >= 4 is 22.3 Å². The van der Waals surface area contributed by atoms with Crippen LogP contribution in [0.1, 0.15) is 22.3 Å². The smallest absolute Gasteiger partial charge is 0.433 e. The highest BCUT2D eigenvalue weighted by atomic mass is 32.1. The Bertz CT molecular complexity index is 897. The second kappa shape index (κ2) is 5.82. The van der Waals surface area contributed by atoms with Crippen LogP contribution in [0, 0.1) is 0 Å². The van der Waals surface area contributed by atoms with Gasteiger partial charge in [0.1, 0.15) is 10.6 Å². The molecule has 126 valence electrons. The molecule has 2 heterocycles. The third-order valence-corrected chi connectivity index (χ3v) is 4.29. The maximum absolute atomic E-state index is 13.2. The molecule has 0 radical (unpaired) electrons. The number of imidazole rings is 1. The molecule has 0 bridgehead atoms. The molecule has 2 aromatic heterocycles. The fraction of sp³-hybridized carbons (Fsp3) is 0.200. The van der Waals surface area contributed by atoms with Crippen molar-refractivity contribution in [1.82, 2.24) is 9.38 Å². The van der Waals surface area contributed by atoms with Crippen LogP contribution in [0.15, 0.2) is 30.5 Å². The average Bonchev–Trinajstić information content (AvgIpc) is 3.04. The molecule has 0 amide bonds. The molecule has 0 saturated heterocycles. The lowest BCUT2D eigenvalue weighted by atomic mass is 10.1. The number of fused-ring (bicyclic) bond motifs is 1. The summed E-state index contributed by atoms with van der Waals surface area (Å²) in [5.74, 6) is -0.980. The van der Waals surface area contributed by atoms with E-state index in [9.17, 15) is 18.0 Å². The van der Waals surface area contributed by atoms with E-state index in [0.29, 0.717) is 35.0 Å². The minimum atomic E-state index is -4.79. The van der Waals surface area contributed by atoms with Gasteiger partial charge >= 0.3 is 12.1 Å². The maximum atomic E-state index is 13.2. The van der Waals surface area contributed by atoms with Gasteiger partial charge in [-0.1, -0.05) is 11.3 Å². The van der Waals surface area contributed by atoms with Crippen molar-refractivity contribution in [1.29, 1.82) is 0 Å². The monoisotopic (exact) mass is 356 g/mol. The zero-order valence-corrected chi connectivity index (χ0v) is 13.1. The number of hydrogen-bond donors (Lipinski definition) is 1. The Balaban J connectivity index is 2.09. The van der Waals surface area contributed by atoms with Gasteiger partial charge < -0.3 is 9.84 Å². The number of carboxylic acid groups (broad SMARTS) is 1. The number of carboxylic acids is 1. The van der Waals surface area contributed by atoms with E-state index in [2.05, 4.69) is 4.98 Å². The minimum Gasteiger partial charge on any atom is -0.494 e. The van der Waals surface area contributed by atoms with E-state index in [1.807, 2.05) is 6.92 Å². The Morgan fingerprint density at radius 1 is 1.33 bits per heavy atom. The summed E-state index contributed by atoms with van der Waals surface area (Å²) in [6, 6.07) is 6.75. The van der Waals surface area contributed by atoms with Gasteiger partial charge in [-0.2, -0.15) is 13.2 Å². The lowest BCUT2D eigenvalue weighted by Crippen LogP contribution is -2.13. The van der Waals surface area contributed by atoms with Crippen LogP contribution in [0.25, 0.3) is 16.2 Å². The van der Waals surface area contributed by atoms with Gasteiger partial charge in [0.2, 0.25) is 0 Å². The van der Waals surface area contributed by atoms with Crippen LogP contribution in [0.4, 0.5) is 13.2 Å². The molecule has 1 N–H and O–H groups in total. The molecule has 0 saturated carbocycles. The van der Waals surface area contributed by atoms with Crippen molar-refractivity contribution in [3.63, 3.8) is 0 Å². The van der Waals surface area contributed by atoms with Gasteiger partial charge in [0.05, 0.1) is 12.3 Å². The van der Waals surface area contributed by atoms with Crippen LogP contribution < -0.4 is 4.74 Å². The predicted octanol–water partition coefficient (Wildman–Crippen LogP) is 4.18. The van der Waals surface area contributed by atoms with E-state index in [4.69, 9.17) is 9.84 Å². The number of ether oxygens (including phenoxy) is 1. The Kier molecular flexibility index (Phi) is 3.96. The van der Waals surface area contributed by atoms with Crippen LogP contribution in [0.2, 0.25) is 0 Å². The summed E-state index contributed by atoms with van der Waals surface area (Å²) in [5, 5.41) is 8.97. The molecule has 9 heteroatoms. The molecule has 0 spiro atoms. The van der Waals surface area contributed by atoms with Crippen molar-refractivity contribution < 1.29 is 27.8 Å². The first-order chi connectivity index (χ1) is 11.3. The fourth-order valence-electron chi connectivity index (χ4n) is 2.28. The standard InChI is InChI=1S/C15H11F3N2O3S/c1-2-23-9-5-3-8(4-6-9)10-7-20-12(15(16,17)18)11(13(21)22)24-14(20)19-10/h3-7H,2H2,1H3,(H,21,22). The molecule has 24 heavy (non-hydrogen) atoms. The van der Waals surface area contributed by atoms with Crippen molar-refractivity contribution in [2.24, 2.45) is 0 Å². The molecule has 5 nitrogen and oxygen atoms in total. The SMILES string of the molecule is CCOc1ccc(-c2cn3c(C(F)(F)F)c(C(=O)O)sc3n2)cc1. The highest BCUT2D eigenvalue weighted by molar-refractivity contribution is 7.19. The molecule has 0 atom stereocenters. The number of nitrogens with zero attached hydrogens (tertiary/aromatic N) is 2. The highest BCUT2D eigenvalue weighted by Crippen LogP contribution is 2.38. The number of benzene rings is 1. The molecular formula is C15H11F3N2O3S. The van der Waals surface area contributed by atoms with E-state index in [-0.39, 0.29) is 4.96 Å². The molecule has 0 unspecified atom stereocenters. The van der Waals surface area contributed by atoms with Gasteiger partial charge in [0.15, 0.2) is 10.7 Å². The summed E-state index contributed by atoms with van der Waals surface area (Å²) < 4.78 is 45.7. The van der Waals surface area contributed by atoms with Gasteiger partial charge in [-0.05, 0) is 31.2 Å². The Morgan fingerprint density at radius 2 is 2.00 bits per heavy atom. The van der Waals surface area contributed by atoms with E-state index in [1.54, 1.807) is 24.3 Å². The van der Waals surface area contributed by atoms with Crippen molar-refractivity contribution in [3.8, 4) is 17.0 Å². The lowest BCUT2D eigenvalue weighted by molar-refractivity contribution is -0.142. The minimum absolute atomic E-state index is 0.0244. The summed E-state index contributed by atoms with van der Waals surface area (Å²) in [4.78, 5) is 14.4. The largest absolute Gasteiger partial charge is 0.494 e. The van der Waals surface area contributed by atoms with Crippen LogP contribution in [0.5, 0.6) is 5.75 Å². The number of carbonyl (C=O) groups is 1. The third-order valence-electron chi connectivity index (χ3n) is 3.25. The van der Waals surface area contributed by atoms with Crippen LogP contribution in [-0.4, -0.2) is 27.1 Å². The first kappa shape index (κ1) is 16.3. The topological polar surface area (TPSA) is 63.8 Å². The van der Waals surface area contributed by atoms with Gasteiger partial charge in [0, 0.05) is 11.8 Å². The normalized spacial score (nSPS) is 11.8. The van der Waals surface area contributed by atoms with Gasteiger partial charge in [-0.25, -0.2) is 9.78 Å². The molecule has 3 rings (SSSR count). The number of thiazole rings is 1. The van der Waals surface area contributed by atoms with Crippen LogP contribution >= 0.6 is 11.3 Å². The number of aromatic carboxylic acids is 1. The van der Waals surface area contributed by atoms with Crippen molar-refractivity contribution in [2.45, 2.75) is 13.1 Å². The van der Waals surface area contributed by atoms with Crippen LogP contribution in [-0.2, 0) is 6.18 Å². The maximum Gasteiger partial charge on any atom is 0.433 e. The van der Waals surface area contributed by atoms with E-state index in [1.165, 1.54) is 6.20 Å². The summed E-state index contributed by atoms with van der Waals surface area (Å²) in [6.45, 7) is 2.35. The van der Waals surface area contributed by atoms with E-state index in [0.717, 1.165) is 4.40 Å². The molecule has 3 aromatic rings. The second-order valence-electron chi connectivity index (χ2n) is 4.82. The predicted molar refractivity (Wildman–Crippen MR) is 81.6 cm³/mol. The molecular weight excluding hydrogens is 345 g/mol. The number of hydrogen-bond acceptors (Lipinski definition) is 4. The summed E-state index contributed by atoms with van der Waals surface area (Å²) in [5.41, 5.74) is -0.286. The average molecular weight is 356 g/mol. The Hall–Kier alpha value is -2.55. The summed E-state index contributed by atoms with van der Waals surface area (Å²) in [7, 11) is 0. The van der Waals surface area contributed by atoms with E-state index >= 15 is 0 Å². The molecule has 0 aliphatic heterocycles. The quantitative estimate of drug-likeness (QED) is 0.762. The van der Waals surface area contributed by atoms with Crippen molar-refractivity contribution in [3.05, 3.63) is 41.0 Å². The Labute approximate surface area is 137 Å². The Morgan fingerprint density at radius 3 is 2.54 bits per heavy atom. The molecule has 0 aliphatic rings. The number of halogens is 3. The zero-order chi connectivity index (χ0) is 17.5. The number of aromatic nitrogens is 2. The zero-order valence-electron chi connectivity index (χ0n) is 12.3. The molecule has 1 aromatic carbocycles. The van der Waals surface area contributed by atoms with E-state index < -0.39 is 22.7 Å². The lowest BCUT2D eigenvalue weighted by Gasteiger charge is -2.06. The fourth-order valence-corrected chi connectivity index (χ4v) is 3.25. The number of alkyl halides is 3. The molecule has 0 aliphatic carbocycles. The summed E-state index contributed by atoms with van der Waals surface area (Å²) >= 11 is 0.493.